The van der Waals surface area contributed by atoms with Gasteiger partial charge in [0.25, 0.3) is 5.91 Å². The number of nitrogens with zero attached hydrogens (tertiary/aromatic N) is 3. The number of sulfone groups is 1. The fourth-order valence-corrected chi connectivity index (χ4v) is 5.93. The molecule has 0 radical (unpaired) electrons. The van der Waals surface area contributed by atoms with Crippen molar-refractivity contribution in [2.45, 2.75) is 35.8 Å². The van der Waals surface area contributed by atoms with E-state index < -0.39 is 25.8 Å². The molecule has 1 saturated heterocycles. The molecule has 0 aliphatic carbocycles. The highest BCUT2D eigenvalue weighted by Gasteiger charge is 2.32. The van der Waals surface area contributed by atoms with Crippen molar-refractivity contribution in [1.29, 1.82) is 0 Å². The first-order chi connectivity index (χ1) is 16.4. The number of sulfonamides is 1. The summed E-state index contributed by atoms with van der Waals surface area (Å²) in [6.45, 7) is 4.14. The Kier molecular flexibility index (Phi) is 6.77. The normalized spacial score (nSPS) is 19.4. The first kappa shape index (κ1) is 25.0. The number of nitrogens with one attached hydrogen (secondary N) is 1. The molecule has 0 saturated carbocycles. The molecule has 1 aliphatic heterocycles. The molecule has 1 aliphatic rings. The first-order valence-corrected chi connectivity index (χ1v) is 14.0. The van der Waals surface area contributed by atoms with Gasteiger partial charge in [-0.3, -0.25) is 10.1 Å². The molecule has 0 spiro atoms. The second kappa shape index (κ2) is 9.49. The van der Waals surface area contributed by atoms with E-state index >= 15 is 0 Å². The number of benzene rings is 2. The first-order valence-electron chi connectivity index (χ1n) is 10.6. The third-order valence-corrected chi connectivity index (χ3v) is 8.25. The lowest BCUT2D eigenvalue weighted by atomic mass is 10.2. The molecule has 13 heteroatoms. The van der Waals surface area contributed by atoms with Crippen molar-refractivity contribution in [2.75, 3.05) is 24.7 Å². The van der Waals surface area contributed by atoms with Crippen molar-refractivity contribution in [3.8, 4) is 11.5 Å². The van der Waals surface area contributed by atoms with Crippen molar-refractivity contribution in [3.63, 3.8) is 0 Å². The highest BCUT2D eigenvalue weighted by atomic mass is 32.2. The number of aromatic nitrogens is 2. The topological polar surface area (TPSA) is 149 Å². The van der Waals surface area contributed by atoms with Crippen LogP contribution in [0, 0.1) is 0 Å². The van der Waals surface area contributed by atoms with E-state index in [2.05, 4.69) is 15.5 Å². The third kappa shape index (κ3) is 5.59. The molecule has 1 fully saturated rings. The molecule has 1 N–H and O–H groups in total. The van der Waals surface area contributed by atoms with Gasteiger partial charge in [-0.25, -0.2) is 16.8 Å². The van der Waals surface area contributed by atoms with E-state index in [4.69, 9.17) is 9.15 Å². The predicted octanol–water partition coefficient (Wildman–Crippen LogP) is 2.19. The second-order valence-corrected chi connectivity index (χ2v) is 12.2. The Morgan fingerprint density at radius 3 is 2.26 bits per heavy atom. The minimum atomic E-state index is -3.73. The molecule has 2 aromatic carbocycles. The molecule has 1 aromatic heterocycles. The Balaban J connectivity index is 1.47. The van der Waals surface area contributed by atoms with Crippen molar-refractivity contribution in [1.82, 2.24) is 14.5 Å². The van der Waals surface area contributed by atoms with Crippen molar-refractivity contribution in [2.24, 2.45) is 0 Å². The van der Waals surface area contributed by atoms with Gasteiger partial charge in [0.15, 0.2) is 9.84 Å². The van der Waals surface area contributed by atoms with Crippen LogP contribution in [0.2, 0.25) is 0 Å². The number of ether oxygens (including phenoxy) is 1. The maximum Gasteiger partial charge on any atom is 0.322 e. The van der Waals surface area contributed by atoms with Crippen molar-refractivity contribution < 1.29 is 30.8 Å². The average Bonchev–Trinajstić information content (AvgIpc) is 3.26. The zero-order valence-electron chi connectivity index (χ0n) is 19.2. The van der Waals surface area contributed by atoms with Crippen LogP contribution < -0.4 is 5.32 Å². The number of carbonyl (C=O) groups is 1. The number of amides is 1. The standard InChI is InChI=1S/C22H24N4O7S2/c1-14-12-26(13-15(2)32-14)35(30,31)18-9-7-16(8-10-18)20(27)23-22-25-24-21(33-22)17-5-4-6-19(11-17)34(3,28)29/h4-11,14-15H,12-13H2,1-3H3,(H,23,25,27)/t14-,15-/m1/s1. The average molecular weight is 521 g/mol. The summed E-state index contributed by atoms with van der Waals surface area (Å²) in [5, 5.41) is 10.1. The molecule has 2 heterocycles. The third-order valence-electron chi connectivity index (χ3n) is 5.29. The SMILES string of the molecule is C[C@@H]1CN(S(=O)(=O)c2ccc(C(=O)Nc3nnc(-c4cccc(S(C)(=O)=O)c4)o3)cc2)C[C@@H](C)O1. The Hall–Kier alpha value is -3.13. The maximum absolute atomic E-state index is 13.0. The van der Waals surface area contributed by atoms with Gasteiger partial charge < -0.3 is 9.15 Å². The Morgan fingerprint density at radius 1 is 0.971 bits per heavy atom. The molecule has 4 rings (SSSR count). The lowest BCUT2D eigenvalue weighted by Gasteiger charge is -2.34. The van der Waals surface area contributed by atoms with Crippen LogP contribution >= 0.6 is 0 Å². The van der Waals surface area contributed by atoms with Gasteiger partial charge in [0.1, 0.15) is 0 Å². The molecular weight excluding hydrogens is 496 g/mol. The number of rotatable bonds is 6. The van der Waals surface area contributed by atoms with E-state index in [9.17, 15) is 21.6 Å². The second-order valence-electron chi connectivity index (χ2n) is 8.27. The molecule has 1 amide bonds. The summed E-state index contributed by atoms with van der Waals surface area (Å²) in [4.78, 5) is 12.8. The summed E-state index contributed by atoms with van der Waals surface area (Å²) in [5.41, 5.74) is 0.564. The van der Waals surface area contributed by atoms with Gasteiger partial charge in [0.05, 0.1) is 22.0 Å². The van der Waals surface area contributed by atoms with Gasteiger partial charge in [0, 0.05) is 30.5 Å². The summed E-state index contributed by atoms with van der Waals surface area (Å²) in [5.74, 6) is -0.552. The number of hydrogen-bond donors (Lipinski definition) is 1. The van der Waals surface area contributed by atoms with Gasteiger partial charge in [-0.05, 0) is 56.3 Å². The van der Waals surface area contributed by atoms with Gasteiger partial charge in [0.2, 0.25) is 15.9 Å². The van der Waals surface area contributed by atoms with Crippen molar-refractivity contribution in [3.05, 3.63) is 54.1 Å². The van der Waals surface area contributed by atoms with Crippen LogP contribution in [0.15, 0.2) is 62.7 Å². The van der Waals surface area contributed by atoms with E-state index in [1.54, 1.807) is 12.1 Å². The molecule has 186 valence electrons. The summed E-state index contributed by atoms with van der Waals surface area (Å²) >= 11 is 0. The largest absolute Gasteiger partial charge is 0.403 e. The lowest BCUT2D eigenvalue weighted by Crippen LogP contribution is -2.48. The molecule has 3 aromatic rings. The van der Waals surface area contributed by atoms with Crippen LogP contribution in [-0.2, 0) is 24.6 Å². The van der Waals surface area contributed by atoms with Crippen molar-refractivity contribution >= 4 is 31.8 Å². The zero-order chi connectivity index (χ0) is 25.4. The molecule has 11 nitrogen and oxygen atoms in total. The monoisotopic (exact) mass is 520 g/mol. The molecule has 35 heavy (non-hydrogen) atoms. The molecule has 0 unspecified atom stereocenters. The summed E-state index contributed by atoms with van der Waals surface area (Å²) in [7, 11) is -7.15. The molecule has 2 atom stereocenters. The highest BCUT2D eigenvalue weighted by molar-refractivity contribution is 7.90. The predicted molar refractivity (Wildman–Crippen MR) is 126 cm³/mol. The van der Waals surface area contributed by atoms with E-state index in [0.29, 0.717) is 5.56 Å². The van der Waals surface area contributed by atoms with E-state index in [0.717, 1.165) is 6.26 Å². The van der Waals surface area contributed by atoms with E-state index in [1.807, 2.05) is 13.8 Å². The van der Waals surface area contributed by atoms with Gasteiger partial charge in [-0.1, -0.05) is 11.2 Å². The number of anilines is 1. The van der Waals surface area contributed by atoms with Crippen LogP contribution in [0.3, 0.4) is 0 Å². The highest BCUT2D eigenvalue weighted by Crippen LogP contribution is 2.24. The van der Waals surface area contributed by atoms with Gasteiger partial charge in [-0.2, -0.15) is 4.31 Å². The van der Waals surface area contributed by atoms with Crippen LogP contribution in [-0.4, -0.2) is 68.8 Å². The number of carbonyl (C=O) groups excluding carboxylic acids is 1. The minimum absolute atomic E-state index is 0.0289. The van der Waals surface area contributed by atoms with Crippen LogP contribution in [0.1, 0.15) is 24.2 Å². The quantitative estimate of drug-likeness (QED) is 0.516. The van der Waals surface area contributed by atoms with Crippen LogP contribution in [0.25, 0.3) is 11.5 Å². The smallest absolute Gasteiger partial charge is 0.322 e. The Labute approximate surface area is 203 Å². The fraction of sp³-hybridized carbons (Fsp3) is 0.318. The molecular formula is C22H24N4O7S2. The number of morpholine rings is 1. The van der Waals surface area contributed by atoms with E-state index in [1.165, 1.54) is 40.7 Å². The van der Waals surface area contributed by atoms with E-state index in [-0.39, 0.29) is 52.6 Å². The fourth-order valence-electron chi connectivity index (χ4n) is 3.67. The Bertz CT molecular complexity index is 1440. The lowest BCUT2D eigenvalue weighted by molar-refractivity contribution is -0.0440. The van der Waals surface area contributed by atoms with Gasteiger partial charge in [-0.15, -0.1) is 5.10 Å². The van der Waals surface area contributed by atoms with Crippen LogP contribution in [0.4, 0.5) is 6.01 Å². The van der Waals surface area contributed by atoms with Gasteiger partial charge >= 0.3 is 6.01 Å². The number of hydrogen-bond acceptors (Lipinski definition) is 9. The minimum Gasteiger partial charge on any atom is -0.403 e. The zero-order valence-corrected chi connectivity index (χ0v) is 20.8. The summed E-state index contributed by atoms with van der Waals surface area (Å²) in [6.07, 6.45) is 0.655. The molecule has 0 bridgehead atoms. The summed E-state index contributed by atoms with van der Waals surface area (Å²) in [6, 6.07) is 11.3. The Morgan fingerprint density at radius 2 is 1.63 bits per heavy atom. The van der Waals surface area contributed by atoms with Crippen LogP contribution in [0.5, 0.6) is 0 Å². The summed E-state index contributed by atoms with van der Waals surface area (Å²) < 4.78 is 61.9. The maximum atomic E-state index is 13.0.